The molecular weight excluding hydrogens is 270 g/mol. The summed E-state index contributed by atoms with van der Waals surface area (Å²) in [6, 6.07) is 7.98. The molecule has 2 fully saturated rings. The fourth-order valence-corrected chi connectivity index (χ4v) is 4.24. The molecule has 0 spiro atoms. The predicted molar refractivity (Wildman–Crippen MR) is 75.7 cm³/mol. The number of fused-ring (bicyclic) bond motifs is 1. The first-order valence-electron chi connectivity index (χ1n) is 5.98. The van der Waals surface area contributed by atoms with E-state index in [-0.39, 0.29) is 4.21 Å². The maximum atomic E-state index is 6.65. The van der Waals surface area contributed by atoms with Crippen molar-refractivity contribution in [2.24, 2.45) is 0 Å². The molecule has 18 heavy (non-hydrogen) atoms. The second kappa shape index (κ2) is 4.22. The molecule has 2 aliphatic rings. The van der Waals surface area contributed by atoms with Crippen LogP contribution in [0.4, 0.5) is 5.69 Å². The molecule has 3 nitrogen and oxygen atoms in total. The molecule has 2 heterocycles. The molecule has 0 amide bonds. The Bertz CT molecular complexity index is 472. The van der Waals surface area contributed by atoms with Gasteiger partial charge in [0.15, 0.2) is 9.93 Å². The number of hydrogen-bond acceptors (Lipinski definition) is 4. The summed E-state index contributed by atoms with van der Waals surface area (Å²) in [5.41, 5.74) is 0.591. The standard InChI is InChI=1S/C13H16ClNO2S/c1-12-13(14,18-8-7-17-12)9-15(12)10-5-3-4-6-11(10)16-2/h3-6H,7-9H2,1-2H3/t12-,13-/m0/s1. The first kappa shape index (κ1) is 12.5. The Kier molecular flexibility index (Phi) is 2.92. The Hall–Kier alpha value is -0.580. The predicted octanol–water partition coefficient (Wildman–Crippen LogP) is 2.93. The van der Waals surface area contributed by atoms with Crippen molar-refractivity contribution >= 4 is 29.1 Å². The summed E-state index contributed by atoms with van der Waals surface area (Å²) < 4.78 is 11.0. The molecule has 0 aliphatic carbocycles. The summed E-state index contributed by atoms with van der Waals surface area (Å²) in [6.07, 6.45) is 0. The minimum absolute atomic E-state index is 0.341. The molecule has 1 aromatic carbocycles. The summed E-state index contributed by atoms with van der Waals surface area (Å²) >= 11 is 8.43. The van der Waals surface area contributed by atoms with Crippen molar-refractivity contribution in [1.82, 2.24) is 0 Å². The number of nitrogens with zero attached hydrogens (tertiary/aromatic N) is 1. The van der Waals surface area contributed by atoms with Crippen LogP contribution in [0.25, 0.3) is 0 Å². The van der Waals surface area contributed by atoms with E-state index in [1.165, 1.54) is 0 Å². The molecule has 2 aliphatic heterocycles. The Balaban J connectivity index is 1.95. The van der Waals surface area contributed by atoms with Gasteiger partial charge in [0.1, 0.15) is 5.75 Å². The molecule has 5 heteroatoms. The van der Waals surface area contributed by atoms with Crippen LogP contribution in [-0.2, 0) is 4.74 Å². The third kappa shape index (κ3) is 1.55. The van der Waals surface area contributed by atoms with Crippen molar-refractivity contribution in [2.45, 2.75) is 16.9 Å². The molecule has 3 rings (SSSR count). The van der Waals surface area contributed by atoms with Crippen LogP contribution >= 0.6 is 23.4 Å². The average Bonchev–Trinajstić information content (AvgIpc) is 2.39. The van der Waals surface area contributed by atoms with E-state index >= 15 is 0 Å². The highest BCUT2D eigenvalue weighted by molar-refractivity contribution is 8.02. The Morgan fingerprint density at radius 1 is 1.44 bits per heavy atom. The van der Waals surface area contributed by atoms with Gasteiger partial charge in [-0.3, -0.25) is 0 Å². The average molecular weight is 286 g/mol. The van der Waals surface area contributed by atoms with Gasteiger partial charge in [-0.05, 0) is 19.1 Å². The quantitative estimate of drug-likeness (QED) is 0.779. The van der Waals surface area contributed by atoms with Gasteiger partial charge in [0.2, 0.25) is 0 Å². The third-order valence-corrected chi connectivity index (χ3v) is 5.88. The van der Waals surface area contributed by atoms with E-state index in [0.717, 1.165) is 30.3 Å². The minimum Gasteiger partial charge on any atom is -0.495 e. The number of thioether (sulfide) groups is 1. The fourth-order valence-electron chi connectivity index (χ4n) is 2.59. The van der Waals surface area contributed by atoms with Crippen molar-refractivity contribution < 1.29 is 9.47 Å². The van der Waals surface area contributed by atoms with E-state index in [9.17, 15) is 0 Å². The summed E-state index contributed by atoms with van der Waals surface area (Å²) in [7, 11) is 1.69. The molecule has 0 saturated carbocycles. The highest BCUT2D eigenvalue weighted by atomic mass is 35.5. The van der Waals surface area contributed by atoms with E-state index in [4.69, 9.17) is 21.1 Å². The highest BCUT2D eigenvalue weighted by Crippen LogP contribution is 2.57. The molecular formula is C13H16ClNO2S. The van der Waals surface area contributed by atoms with E-state index in [1.807, 2.05) is 24.3 Å². The number of alkyl halides is 1. The zero-order chi connectivity index (χ0) is 12.8. The van der Waals surface area contributed by atoms with Crippen molar-refractivity contribution in [2.75, 3.05) is 30.9 Å². The lowest BCUT2D eigenvalue weighted by molar-refractivity contribution is -0.0784. The van der Waals surface area contributed by atoms with Crippen LogP contribution in [0.15, 0.2) is 24.3 Å². The van der Waals surface area contributed by atoms with Crippen molar-refractivity contribution in [3.63, 3.8) is 0 Å². The first-order chi connectivity index (χ1) is 8.61. The summed E-state index contributed by atoms with van der Waals surface area (Å²) in [5.74, 6) is 1.82. The van der Waals surface area contributed by atoms with Crippen LogP contribution in [-0.4, -0.2) is 35.9 Å². The molecule has 0 unspecified atom stereocenters. The van der Waals surface area contributed by atoms with Gasteiger partial charge in [0, 0.05) is 5.75 Å². The van der Waals surface area contributed by atoms with Gasteiger partial charge in [0.05, 0.1) is 25.9 Å². The summed E-state index contributed by atoms with van der Waals surface area (Å²) in [5, 5.41) is 0. The monoisotopic (exact) mass is 285 g/mol. The van der Waals surface area contributed by atoms with Crippen LogP contribution in [0, 0.1) is 0 Å². The van der Waals surface area contributed by atoms with Crippen LogP contribution < -0.4 is 9.64 Å². The minimum atomic E-state index is -0.452. The maximum absolute atomic E-state index is 6.65. The van der Waals surface area contributed by atoms with Gasteiger partial charge >= 0.3 is 0 Å². The summed E-state index contributed by atoms with van der Waals surface area (Å²) in [4.78, 5) is 2.19. The first-order valence-corrected chi connectivity index (χ1v) is 7.34. The molecule has 0 aromatic heterocycles. The highest BCUT2D eigenvalue weighted by Gasteiger charge is 2.64. The molecule has 0 N–H and O–H groups in total. The SMILES string of the molecule is COc1ccccc1N1C[C@]2(Cl)SCCO[C@]12C. The number of anilines is 1. The lowest BCUT2D eigenvalue weighted by atomic mass is 9.96. The number of benzene rings is 1. The van der Waals surface area contributed by atoms with E-state index in [2.05, 4.69) is 11.8 Å². The smallest absolute Gasteiger partial charge is 0.168 e. The normalized spacial score (nSPS) is 34.7. The Labute approximate surface area is 116 Å². The van der Waals surface area contributed by atoms with Gasteiger partial charge in [-0.15, -0.1) is 23.4 Å². The largest absolute Gasteiger partial charge is 0.495 e. The van der Waals surface area contributed by atoms with Crippen molar-refractivity contribution in [1.29, 1.82) is 0 Å². The number of halogens is 1. The number of ether oxygens (including phenoxy) is 2. The van der Waals surface area contributed by atoms with E-state index in [0.29, 0.717) is 0 Å². The number of hydrogen-bond donors (Lipinski definition) is 0. The van der Waals surface area contributed by atoms with Crippen molar-refractivity contribution in [3.8, 4) is 5.75 Å². The third-order valence-electron chi connectivity index (χ3n) is 3.74. The number of para-hydroxylation sites is 2. The molecule has 2 atom stereocenters. The maximum Gasteiger partial charge on any atom is 0.168 e. The van der Waals surface area contributed by atoms with Crippen LogP contribution in [0.5, 0.6) is 5.75 Å². The molecule has 1 aromatic rings. The van der Waals surface area contributed by atoms with Gasteiger partial charge in [0.25, 0.3) is 0 Å². The topological polar surface area (TPSA) is 21.7 Å². The second-order valence-electron chi connectivity index (χ2n) is 4.67. The number of rotatable bonds is 2. The van der Waals surface area contributed by atoms with Crippen LogP contribution in [0.2, 0.25) is 0 Å². The number of methoxy groups -OCH3 is 1. The van der Waals surface area contributed by atoms with Gasteiger partial charge in [-0.25, -0.2) is 0 Å². The molecule has 2 saturated heterocycles. The van der Waals surface area contributed by atoms with Crippen molar-refractivity contribution in [3.05, 3.63) is 24.3 Å². The molecule has 0 bridgehead atoms. The lowest BCUT2D eigenvalue weighted by Crippen LogP contribution is -2.77. The lowest BCUT2D eigenvalue weighted by Gasteiger charge is -2.63. The van der Waals surface area contributed by atoms with Gasteiger partial charge in [-0.1, -0.05) is 12.1 Å². The van der Waals surface area contributed by atoms with Crippen LogP contribution in [0.1, 0.15) is 6.92 Å². The molecule has 0 radical (unpaired) electrons. The van der Waals surface area contributed by atoms with Gasteiger partial charge in [-0.2, -0.15) is 0 Å². The van der Waals surface area contributed by atoms with Gasteiger partial charge < -0.3 is 14.4 Å². The zero-order valence-corrected chi connectivity index (χ0v) is 12.1. The Morgan fingerprint density at radius 2 is 2.22 bits per heavy atom. The van der Waals surface area contributed by atoms with E-state index in [1.54, 1.807) is 18.9 Å². The molecule has 98 valence electrons. The summed E-state index contributed by atoms with van der Waals surface area (Å²) in [6.45, 7) is 3.57. The van der Waals surface area contributed by atoms with E-state index < -0.39 is 5.72 Å². The zero-order valence-electron chi connectivity index (χ0n) is 10.5. The fraction of sp³-hybridized carbons (Fsp3) is 0.538. The Morgan fingerprint density at radius 3 is 2.94 bits per heavy atom. The second-order valence-corrected chi connectivity index (χ2v) is 6.93. The van der Waals surface area contributed by atoms with Crippen LogP contribution in [0.3, 0.4) is 0 Å².